The molecule has 18 heteroatoms. The Morgan fingerprint density at radius 1 is 0.515 bits per heavy atom. The molecule has 0 heterocycles. The molecule has 2 amide bonds. The number of carbonyl (C=O) groups excluding carboxylic acids is 2. The van der Waals surface area contributed by atoms with Crippen LogP contribution in [0, 0.1) is 0 Å². The van der Waals surface area contributed by atoms with Crippen LogP contribution >= 0.6 is 23.2 Å². The minimum absolute atomic E-state index is 0.106. The highest BCUT2D eigenvalue weighted by Gasteiger charge is 2.75. The van der Waals surface area contributed by atoms with Gasteiger partial charge in [0.15, 0.2) is 0 Å². The Bertz CT molecular complexity index is 625. The normalized spacial score (nSPS) is 14.2. The van der Waals surface area contributed by atoms with Gasteiger partial charge in [0.05, 0.1) is 0 Å². The van der Waals surface area contributed by atoms with Crippen molar-refractivity contribution in [3.8, 4) is 0 Å². The summed E-state index contributed by atoms with van der Waals surface area (Å²) in [4.78, 5) is 22.1. The molecule has 196 valence electrons. The number of hydrogen-bond acceptors (Lipinski definition) is 2. The van der Waals surface area contributed by atoms with Crippen molar-refractivity contribution in [2.75, 3.05) is 13.1 Å². The molecule has 0 radical (unpaired) electrons. The van der Waals surface area contributed by atoms with Gasteiger partial charge in [0.25, 0.3) is 11.8 Å². The van der Waals surface area contributed by atoms with Crippen LogP contribution in [-0.2, 0) is 9.59 Å². The van der Waals surface area contributed by atoms with E-state index in [1.54, 1.807) is 0 Å². The second-order valence-corrected chi connectivity index (χ2v) is 7.52. The van der Waals surface area contributed by atoms with Gasteiger partial charge in [-0.1, -0.05) is 19.3 Å². The quantitative estimate of drug-likeness (QED) is 0.172. The minimum atomic E-state index is -6.17. The van der Waals surface area contributed by atoms with E-state index in [0.29, 0.717) is 0 Å². The molecule has 0 bridgehead atoms. The van der Waals surface area contributed by atoms with Crippen molar-refractivity contribution in [2.24, 2.45) is 0 Å². The van der Waals surface area contributed by atoms with E-state index in [9.17, 15) is 62.3 Å². The van der Waals surface area contributed by atoms with Crippen molar-refractivity contribution in [1.29, 1.82) is 0 Å². The first-order chi connectivity index (χ1) is 14.5. The largest absolute Gasteiger partial charge is 0.395 e. The number of hydrogen-bond donors (Lipinski definition) is 2. The van der Waals surface area contributed by atoms with E-state index in [4.69, 9.17) is 0 Å². The number of amides is 2. The predicted molar refractivity (Wildman–Crippen MR) is 90.5 cm³/mol. The van der Waals surface area contributed by atoms with E-state index in [2.05, 4.69) is 23.2 Å². The Hall–Kier alpha value is -1.32. The van der Waals surface area contributed by atoms with Crippen LogP contribution in [0.15, 0.2) is 0 Å². The fourth-order valence-electron chi connectivity index (χ4n) is 2.05. The third-order valence-electron chi connectivity index (χ3n) is 4.00. The fraction of sp³-hybridized carbons (Fsp3) is 0.867. The van der Waals surface area contributed by atoms with Gasteiger partial charge in [0.2, 0.25) is 0 Å². The van der Waals surface area contributed by atoms with E-state index < -0.39 is 59.4 Å². The zero-order valence-electron chi connectivity index (χ0n) is 16.1. The van der Waals surface area contributed by atoms with Gasteiger partial charge in [-0.15, -0.1) is 0 Å². The van der Waals surface area contributed by atoms with Crippen molar-refractivity contribution in [3.05, 3.63) is 0 Å². The molecule has 0 atom stereocenters. The molecule has 4 nitrogen and oxygen atoms in total. The van der Waals surface area contributed by atoms with Gasteiger partial charge >= 0.3 is 34.5 Å². The summed E-state index contributed by atoms with van der Waals surface area (Å²) in [6.07, 6.45) is 0.145. The van der Waals surface area contributed by atoms with Crippen molar-refractivity contribution < 1.29 is 62.3 Å². The highest BCUT2D eigenvalue weighted by Crippen LogP contribution is 2.48. The standard InChI is InChI=1S/C15H16Cl2F12N2O2/c16-14(26,27)12(22,23)10(18,19)8(32)30-6-4-2-1-3-5-7-31-9(33)11(20,21)13(24,25)15(17,28)29/h1-7H2,(H,30,32)(H,31,33). The molecule has 0 aromatic rings. The maximum absolute atomic E-state index is 13.2. The second-order valence-electron chi connectivity index (χ2n) is 6.57. The Kier molecular flexibility index (Phi) is 10.5. The topological polar surface area (TPSA) is 58.2 Å². The maximum Gasteiger partial charge on any atom is 0.395 e. The number of rotatable bonds is 14. The molecule has 0 fully saturated rings. The lowest BCUT2D eigenvalue weighted by Crippen LogP contribution is -2.59. The molecule has 0 saturated carbocycles. The Morgan fingerprint density at radius 2 is 0.758 bits per heavy atom. The third-order valence-corrected chi connectivity index (χ3v) is 4.47. The van der Waals surface area contributed by atoms with Crippen molar-refractivity contribution in [1.82, 2.24) is 10.6 Å². The second kappa shape index (κ2) is 11.0. The predicted octanol–water partition coefficient (Wildman–Crippen LogP) is 5.37. The summed E-state index contributed by atoms with van der Waals surface area (Å²) in [5.74, 6) is -29.4. The SMILES string of the molecule is O=C(NCCCCCCCNC(=O)C(F)(F)C(F)(F)C(F)(F)Cl)C(F)(F)C(F)(F)C(F)(F)Cl. The highest BCUT2D eigenvalue weighted by atomic mass is 35.5. The van der Waals surface area contributed by atoms with E-state index in [-0.39, 0.29) is 32.1 Å². The van der Waals surface area contributed by atoms with Crippen LogP contribution in [0.5, 0.6) is 0 Å². The number of alkyl halides is 14. The van der Waals surface area contributed by atoms with Gasteiger partial charge in [0.1, 0.15) is 0 Å². The maximum atomic E-state index is 13.2. The average molecular weight is 555 g/mol. The lowest BCUT2D eigenvalue weighted by Gasteiger charge is -2.28. The molecule has 0 aromatic heterocycles. The molecule has 0 saturated heterocycles. The Morgan fingerprint density at radius 3 is 1.00 bits per heavy atom. The molecule has 0 aliphatic heterocycles. The van der Waals surface area contributed by atoms with Gasteiger partial charge in [-0.05, 0) is 36.0 Å². The molecule has 0 aromatic carbocycles. The molecule has 2 N–H and O–H groups in total. The third kappa shape index (κ3) is 7.33. The van der Waals surface area contributed by atoms with Crippen LogP contribution in [0.4, 0.5) is 52.7 Å². The van der Waals surface area contributed by atoms with Crippen LogP contribution in [0.3, 0.4) is 0 Å². The van der Waals surface area contributed by atoms with Gasteiger partial charge in [0, 0.05) is 13.1 Å². The summed E-state index contributed by atoms with van der Waals surface area (Å²) in [5.41, 5.74) is 0. The van der Waals surface area contributed by atoms with Gasteiger partial charge in [-0.2, -0.15) is 52.7 Å². The first kappa shape index (κ1) is 31.7. The lowest BCUT2D eigenvalue weighted by molar-refractivity contribution is -0.269. The number of unbranched alkanes of at least 4 members (excludes halogenated alkanes) is 4. The van der Waals surface area contributed by atoms with Crippen LogP contribution in [0.25, 0.3) is 0 Å². The first-order valence-corrected chi connectivity index (χ1v) is 9.52. The zero-order chi connectivity index (χ0) is 26.5. The summed E-state index contributed by atoms with van der Waals surface area (Å²) < 4.78 is 154. The van der Waals surface area contributed by atoms with E-state index in [1.807, 2.05) is 0 Å². The van der Waals surface area contributed by atoms with Crippen LogP contribution < -0.4 is 10.6 Å². The summed E-state index contributed by atoms with van der Waals surface area (Å²) in [5, 5.41) is -8.77. The first-order valence-electron chi connectivity index (χ1n) is 8.76. The summed E-state index contributed by atoms with van der Waals surface area (Å²) in [6, 6.07) is 0. The average Bonchev–Trinajstić information content (AvgIpc) is 2.63. The fourth-order valence-corrected chi connectivity index (χ4v) is 2.28. The summed E-state index contributed by atoms with van der Waals surface area (Å²) in [6.45, 7) is -1.27. The molecule has 0 rings (SSSR count). The lowest BCUT2D eigenvalue weighted by atomic mass is 10.1. The zero-order valence-corrected chi connectivity index (χ0v) is 17.6. The van der Waals surface area contributed by atoms with Crippen LogP contribution in [0.2, 0.25) is 0 Å². The molecular formula is C15H16Cl2F12N2O2. The minimum Gasteiger partial charge on any atom is -0.351 e. The molecule has 0 aliphatic rings. The number of halogens is 14. The number of carbonyl (C=O) groups is 2. The summed E-state index contributed by atoms with van der Waals surface area (Å²) in [7, 11) is 0. The van der Waals surface area contributed by atoms with Crippen LogP contribution in [-0.4, -0.2) is 59.4 Å². The summed E-state index contributed by atoms with van der Waals surface area (Å²) >= 11 is 7.79. The van der Waals surface area contributed by atoms with Crippen molar-refractivity contribution in [3.63, 3.8) is 0 Å². The Balaban J connectivity index is 4.26. The molecule has 33 heavy (non-hydrogen) atoms. The Labute approximate surface area is 188 Å². The van der Waals surface area contributed by atoms with E-state index in [0.717, 1.165) is 0 Å². The molecule has 0 spiro atoms. The van der Waals surface area contributed by atoms with Gasteiger partial charge in [-0.25, -0.2) is 0 Å². The van der Waals surface area contributed by atoms with Crippen LogP contribution in [0.1, 0.15) is 32.1 Å². The highest BCUT2D eigenvalue weighted by molar-refractivity contribution is 6.23. The van der Waals surface area contributed by atoms with Crippen molar-refractivity contribution in [2.45, 2.75) is 66.6 Å². The van der Waals surface area contributed by atoms with Gasteiger partial charge in [-0.3, -0.25) is 9.59 Å². The van der Waals surface area contributed by atoms with E-state index >= 15 is 0 Å². The van der Waals surface area contributed by atoms with Crippen molar-refractivity contribution >= 4 is 35.0 Å². The molecule has 0 unspecified atom stereocenters. The van der Waals surface area contributed by atoms with Gasteiger partial charge < -0.3 is 10.6 Å². The molecule has 0 aliphatic carbocycles. The van der Waals surface area contributed by atoms with E-state index in [1.165, 1.54) is 10.6 Å². The number of nitrogens with one attached hydrogen (secondary N) is 2. The molecular weight excluding hydrogens is 539 g/mol. The smallest absolute Gasteiger partial charge is 0.351 e. The monoisotopic (exact) mass is 554 g/mol.